The number of hydrogen-bond donors (Lipinski definition) is 1. The molecule has 1 heterocycles. The van der Waals surface area contributed by atoms with Crippen molar-refractivity contribution in [3.8, 4) is 5.75 Å². The molecule has 0 saturated carbocycles. The topological polar surface area (TPSA) is 104 Å². The summed E-state index contributed by atoms with van der Waals surface area (Å²) in [5.41, 5.74) is 3.24. The minimum Gasteiger partial charge on any atom is -0.508 e. The number of carbonyl (C=O) groups is 2. The van der Waals surface area contributed by atoms with Gasteiger partial charge in [-0.25, -0.2) is 8.42 Å². The minimum atomic E-state index is -4.19. The van der Waals surface area contributed by atoms with E-state index >= 15 is 0 Å². The summed E-state index contributed by atoms with van der Waals surface area (Å²) >= 11 is 0. The molecule has 3 aromatic rings. The second-order valence-corrected chi connectivity index (χ2v) is 10.3. The molecule has 3 aromatic carbocycles. The van der Waals surface area contributed by atoms with Crippen LogP contribution in [-0.4, -0.2) is 49.4 Å². The van der Waals surface area contributed by atoms with Crippen molar-refractivity contribution in [3.05, 3.63) is 89.0 Å². The molecular weight excluding hydrogens is 468 g/mol. The SMILES string of the molecule is COC(=O)C1CN(C(=O)c2cc(C)ccc2C)c2ccccc2CN1S(=O)(=O)c1ccc(O)cc1. The summed E-state index contributed by atoms with van der Waals surface area (Å²) in [5, 5.41) is 9.61. The van der Waals surface area contributed by atoms with Gasteiger partial charge in [-0.3, -0.25) is 9.59 Å². The highest BCUT2D eigenvalue weighted by Gasteiger charge is 2.42. The molecule has 0 aliphatic carbocycles. The molecule has 0 spiro atoms. The number of anilines is 1. The number of nitrogens with zero attached hydrogens (tertiary/aromatic N) is 2. The Hall–Kier alpha value is -3.69. The average Bonchev–Trinajstić information content (AvgIpc) is 3.03. The van der Waals surface area contributed by atoms with E-state index in [1.54, 1.807) is 30.3 Å². The van der Waals surface area contributed by atoms with Gasteiger partial charge in [-0.05, 0) is 61.4 Å². The highest BCUT2D eigenvalue weighted by atomic mass is 32.2. The molecule has 0 saturated heterocycles. The maximum atomic E-state index is 13.8. The van der Waals surface area contributed by atoms with Crippen molar-refractivity contribution in [1.82, 2.24) is 4.31 Å². The number of aromatic hydroxyl groups is 1. The zero-order valence-corrected chi connectivity index (χ0v) is 20.5. The number of rotatable bonds is 4. The number of aryl methyl sites for hydroxylation is 2. The van der Waals surface area contributed by atoms with Crippen LogP contribution in [0.15, 0.2) is 71.6 Å². The summed E-state index contributed by atoms with van der Waals surface area (Å²) in [6.45, 7) is 3.34. The second kappa shape index (κ2) is 9.52. The number of amides is 1. The van der Waals surface area contributed by atoms with Gasteiger partial charge in [-0.1, -0.05) is 35.9 Å². The normalized spacial score (nSPS) is 16.3. The standard InChI is InChI=1S/C26H26N2O6S/c1-17-8-9-18(2)22(14-17)25(30)27-16-24(26(31)34-3)28(15-19-6-4-5-7-23(19)27)35(32,33)21-12-10-20(29)11-13-21/h4-14,24,29H,15-16H2,1-3H3. The Balaban J connectivity index is 1.86. The van der Waals surface area contributed by atoms with E-state index in [2.05, 4.69) is 0 Å². The Kier molecular flexibility index (Phi) is 6.64. The van der Waals surface area contributed by atoms with E-state index in [4.69, 9.17) is 4.74 Å². The number of hydrogen-bond acceptors (Lipinski definition) is 6. The molecule has 1 atom stereocenters. The van der Waals surface area contributed by atoms with Crippen molar-refractivity contribution in [3.63, 3.8) is 0 Å². The molecule has 0 radical (unpaired) electrons. The molecule has 1 aliphatic rings. The van der Waals surface area contributed by atoms with Gasteiger partial charge in [0, 0.05) is 17.8 Å². The summed E-state index contributed by atoms with van der Waals surface area (Å²) in [4.78, 5) is 28.1. The fourth-order valence-electron chi connectivity index (χ4n) is 4.19. The predicted molar refractivity (Wildman–Crippen MR) is 131 cm³/mol. The van der Waals surface area contributed by atoms with Crippen LogP contribution in [0.4, 0.5) is 5.69 Å². The van der Waals surface area contributed by atoms with Gasteiger partial charge < -0.3 is 14.7 Å². The van der Waals surface area contributed by atoms with Gasteiger partial charge in [0.05, 0.1) is 18.6 Å². The zero-order chi connectivity index (χ0) is 25.3. The highest BCUT2D eigenvalue weighted by Crippen LogP contribution is 2.33. The Bertz CT molecular complexity index is 1390. The largest absolute Gasteiger partial charge is 0.508 e. The average molecular weight is 495 g/mol. The fourth-order valence-corrected chi connectivity index (χ4v) is 5.73. The van der Waals surface area contributed by atoms with Crippen molar-refractivity contribution < 1.29 is 27.9 Å². The first-order valence-corrected chi connectivity index (χ1v) is 12.4. The molecule has 182 valence electrons. The van der Waals surface area contributed by atoms with E-state index in [0.717, 1.165) is 15.4 Å². The summed E-state index contributed by atoms with van der Waals surface area (Å²) in [6, 6.07) is 16.3. The number of ether oxygens (including phenoxy) is 1. The second-order valence-electron chi connectivity index (χ2n) is 8.45. The van der Waals surface area contributed by atoms with E-state index in [1.165, 1.54) is 36.3 Å². The Morgan fingerprint density at radius 2 is 1.69 bits per heavy atom. The highest BCUT2D eigenvalue weighted by molar-refractivity contribution is 7.89. The lowest BCUT2D eigenvalue weighted by Crippen LogP contribution is -2.50. The number of esters is 1. The van der Waals surface area contributed by atoms with E-state index in [9.17, 15) is 23.1 Å². The third kappa shape index (κ3) is 4.65. The molecule has 1 unspecified atom stereocenters. The fraction of sp³-hybridized carbons (Fsp3) is 0.231. The molecule has 9 heteroatoms. The third-order valence-electron chi connectivity index (χ3n) is 6.10. The number of phenols is 1. The first-order chi connectivity index (χ1) is 16.6. The summed E-state index contributed by atoms with van der Waals surface area (Å²) < 4.78 is 33.4. The van der Waals surface area contributed by atoms with Crippen LogP contribution in [0, 0.1) is 13.8 Å². The minimum absolute atomic E-state index is 0.0834. The molecular formula is C26H26N2O6S. The molecule has 0 bridgehead atoms. The van der Waals surface area contributed by atoms with Crippen LogP contribution >= 0.6 is 0 Å². The van der Waals surface area contributed by atoms with Gasteiger partial charge in [0.2, 0.25) is 10.0 Å². The number of carbonyl (C=O) groups excluding carboxylic acids is 2. The first kappa shape index (κ1) is 24.4. The maximum Gasteiger partial charge on any atom is 0.326 e. The van der Waals surface area contributed by atoms with Crippen molar-refractivity contribution in [2.75, 3.05) is 18.6 Å². The lowest BCUT2D eigenvalue weighted by Gasteiger charge is -2.29. The number of phenolic OH excluding ortho intramolecular Hbond substituents is 1. The van der Waals surface area contributed by atoms with Crippen LogP contribution in [0.3, 0.4) is 0 Å². The van der Waals surface area contributed by atoms with Crippen LogP contribution in [0.5, 0.6) is 5.75 Å². The number of fused-ring (bicyclic) bond motifs is 1. The van der Waals surface area contributed by atoms with Gasteiger partial charge in [0.25, 0.3) is 5.91 Å². The molecule has 1 amide bonds. The van der Waals surface area contributed by atoms with E-state index < -0.39 is 22.0 Å². The van der Waals surface area contributed by atoms with Crippen LogP contribution in [0.25, 0.3) is 0 Å². The molecule has 35 heavy (non-hydrogen) atoms. The smallest absolute Gasteiger partial charge is 0.326 e. The van der Waals surface area contributed by atoms with Crippen LogP contribution in [-0.2, 0) is 26.1 Å². The Morgan fingerprint density at radius 3 is 2.37 bits per heavy atom. The van der Waals surface area contributed by atoms with Gasteiger partial charge in [0.15, 0.2) is 0 Å². The van der Waals surface area contributed by atoms with Gasteiger partial charge in [-0.2, -0.15) is 4.31 Å². The monoisotopic (exact) mass is 494 g/mol. The van der Waals surface area contributed by atoms with Crippen molar-refractivity contribution in [2.45, 2.75) is 31.3 Å². The van der Waals surface area contributed by atoms with Gasteiger partial charge >= 0.3 is 5.97 Å². The van der Waals surface area contributed by atoms with Crippen molar-refractivity contribution >= 4 is 27.6 Å². The number of sulfonamides is 1. The first-order valence-electron chi connectivity index (χ1n) is 11.0. The van der Waals surface area contributed by atoms with Gasteiger partial charge in [0.1, 0.15) is 11.8 Å². The number of benzene rings is 3. The molecule has 0 fully saturated rings. The van der Waals surface area contributed by atoms with E-state index in [1.807, 2.05) is 26.0 Å². The zero-order valence-electron chi connectivity index (χ0n) is 19.6. The van der Waals surface area contributed by atoms with Crippen LogP contribution < -0.4 is 4.90 Å². The molecule has 8 nitrogen and oxygen atoms in total. The lowest BCUT2D eigenvalue weighted by molar-refractivity contribution is -0.144. The predicted octanol–water partition coefficient (Wildman–Crippen LogP) is 3.40. The van der Waals surface area contributed by atoms with Gasteiger partial charge in [-0.15, -0.1) is 0 Å². The summed E-state index contributed by atoms with van der Waals surface area (Å²) in [5.74, 6) is -1.20. The Labute approximate surface area is 204 Å². The van der Waals surface area contributed by atoms with E-state index in [0.29, 0.717) is 16.8 Å². The van der Waals surface area contributed by atoms with Crippen LogP contribution in [0.1, 0.15) is 27.0 Å². The molecule has 0 aromatic heterocycles. The summed E-state index contributed by atoms with van der Waals surface area (Å²) in [6.07, 6.45) is 0. The Morgan fingerprint density at radius 1 is 1.00 bits per heavy atom. The number of para-hydroxylation sites is 1. The van der Waals surface area contributed by atoms with E-state index in [-0.39, 0.29) is 29.6 Å². The molecule has 1 aliphatic heterocycles. The van der Waals surface area contributed by atoms with Crippen molar-refractivity contribution in [1.29, 1.82) is 0 Å². The number of methoxy groups -OCH3 is 1. The maximum absolute atomic E-state index is 13.8. The third-order valence-corrected chi connectivity index (χ3v) is 7.97. The molecule has 1 N–H and O–H groups in total. The lowest BCUT2D eigenvalue weighted by atomic mass is 10.0. The van der Waals surface area contributed by atoms with Crippen LogP contribution in [0.2, 0.25) is 0 Å². The molecule has 4 rings (SSSR count). The quantitative estimate of drug-likeness (QED) is 0.558. The van der Waals surface area contributed by atoms with Crippen molar-refractivity contribution in [2.24, 2.45) is 0 Å². The summed E-state index contributed by atoms with van der Waals surface area (Å²) in [7, 11) is -3.01.